The quantitative estimate of drug-likeness (QED) is 0.814. The van der Waals surface area contributed by atoms with Crippen molar-refractivity contribution >= 4 is 5.91 Å². The monoisotopic (exact) mass is 238 g/mol. The van der Waals surface area contributed by atoms with Crippen molar-refractivity contribution < 1.29 is 4.79 Å². The average molecular weight is 238 g/mol. The summed E-state index contributed by atoms with van der Waals surface area (Å²) in [5, 5.41) is 3.57. The number of amides is 1. The van der Waals surface area contributed by atoms with Crippen LogP contribution in [0.15, 0.2) is 0 Å². The van der Waals surface area contributed by atoms with Crippen molar-refractivity contribution in [3.8, 4) is 0 Å². The first-order chi connectivity index (χ1) is 8.20. The minimum atomic E-state index is 0.104. The molecule has 1 N–H and O–H groups in total. The van der Waals surface area contributed by atoms with Crippen LogP contribution in [0.5, 0.6) is 0 Å². The van der Waals surface area contributed by atoms with E-state index in [0.29, 0.717) is 11.9 Å². The molecule has 1 amide bonds. The molecule has 1 saturated carbocycles. The van der Waals surface area contributed by atoms with Crippen molar-refractivity contribution in [2.45, 2.75) is 64.0 Å². The lowest BCUT2D eigenvalue weighted by Gasteiger charge is -2.30. The number of likely N-dealkylation sites (N-methyl/N-ethyl adjacent to an activating group) is 1. The number of nitrogens with one attached hydrogen (secondary N) is 1. The second-order valence-electron chi connectivity index (χ2n) is 5.77. The zero-order valence-electron chi connectivity index (χ0n) is 11.2. The Hall–Kier alpha value is -0.570. The van der Waals surface area contributed by atoms with Crippen molar-refractivity contribution in [2.24, 2.45) is 5.92 Å². The first-order valence-corrected chi connectivity index (χ1v) is 7.21. The van der Waals surface area contributed by atoms with Crippen LogP contribution >= 0.6 is 0 Å². The lowest BCUT2D eigenvalue weighted by molar-refractivity contribution is -0.128. The van der Waals surface area contributed by atoms with Gasteiger partial charge in [0.1, 0.15) is 0 Å². The van der Waals surface area contributed by atoms with Gasteiger partial charge in [0, 0.05) is 19.6 Å². The summed E-state index contributed by atoms with van der Waals surface area (Å²) in [6.45, 7) is 3.19. The topological polar surface area (TPSA) is 32.3 Å². The van der Waals surface area contributed by atoms with Crippen LogP contribution in [0, 0.1) is 5.92 Å². The zero-order chi connectivity index (χ0) is 12.3. The number of hydrogen-bond donors (Lipinski definition) is 1. The first kappa shape index (κ1) is 12.9. The number of rotatable bonds is 4. The van der Waals surface area contributed by atoms with Crippen LogP contribution in [0.2, 0.25) is 0 Å². The summed E-state index contributed by atoms with van der Waals surface area (Å²) in [5.74, 6) is 1.24. The SMILES string of the molecule is CCCC1CCC(NC2CCN(C)C2=O)CC1. The largest absolute Gasteiger partial charge is 0.344 e. The van der Waals surface area contributed by atoms with E-state index in [1.54, 1.807) is 0 Å². The van der Waals surface area contributed by atoms with Crippen molar-refractivity contribution in [3.05, 3.63) is 0 Å². The molecular formula is C14H26N2O. The van der Waals surface area contributed by atoms with Crippen molar-refractivity contribution in [3.63, 3.8) is 0 Å². The van der Waals surface area contributed by atoms with Crippen LogP contribution in [0.25, 0.3) is 0 Å². The van der Waals surface area contributed by atoms with E-state index in [2.05, 4.69) is 12.2 Å². The van der Waals surface area contributed by atoms with Crippen molar-refractivity contribution in [1.82, 2.24) is 10.2 Å². The maximum absolute atomic E-state index is 11.8. The van der Waals surface area contributed by atoms with Gasteiger partial charge in [0.15, 0.2) is 0 Å². The average Bonchev–Trinajstić information content (AvgIpc) is 2.64. The van der Waals surface area contributed by atoms with E-state index in [9.17, 15) is 4.79 Å². The van der Waals surface area contributed by atoms with Gasteiger partial charge in [0.25, 0.3) is 0 Å². The van der Waals surface area contributed by atoms with Gasteiger partial charge in [0.05, 0.1) is 6.04 Å². The lowest BCUT2D eigenvalue weighted by Crippen LogP contribution is -2.44. The van der Waals surface area contributed by atoms with Gasteiger partial charge in [-0.2, -0.15) is 0 Å². The fraction of sp³-hybridized carbons (Fsp3) is 0.929. The molecule has 98 valence electrons. The summed E-state index contributed by atoms with van der Waals surface area (Å²) in [6, 6.07) is 0.691. The van der Waals surface area contributed by atoms with Crippen LogP contribution in [-0.2, 0) is 4.79 Å². The molecule has 1 atom stereocenters. The molecule has 17 heavy (non-hydrogen) atoms. The molecule has 1 aliphatic carbocycles. The van der Waals surface area contributed by atoms with Crippen LogP contribution < -0.4 is 5.32 Å². The predicted molar refractivity (Wildman–Crippen MR) is 69.8 cm³/mol. The molecule has 2 aliphatic rings. The van der Waals surface area contributed by atoms with Gasteiger partial charge in [-0.05, 0) is 38.0 Å². The number of likely N-dealkylation sites (tertiary alicyclic amines) is 1. The second kappa shape index (κ2) is 5.85. The molecule has 1 aliphatic heterocycles. The Morgan fingerprint density at radius 1 is 1.24 bits per heavy atom. The maximum Gasteiger partial charge on any atom is 0.239 e. The Bertz CT molecular complexity index is 259. The molecule has 0 radical (unpaired) electrons. The molecule has 0 aromatic rings. The third-order valence-electron chi connectivity index (χ3n) is 4.41. The van der Waals surface area contributed by atoms with Gasteiger partial charge in [-0.3, -0.25) is 4.79 Å². The zero-order valence-corrected chi connectivity index (χ0v) is 11.2. The first-order valence-electron chi connectivity index (χ1n) is 7.21. The number of hydrogen-bond acceptors (Lipinski definition) is 2. The van der Waals surface area contributed by atoms with E-state index in [1.165, 1.54) is 38.5 Å². The molecular weight excluding hydrogens is 212 g/mol. The molecule has 3 heteroatoms. The molecule has 0 aromatic carbocycles. The Balaban J connectivity index is 1.73. The standard InChI is InChI=1S/C14H26N2O/c1-3-4-11-5-7-12(8-6-11)15-13-9-10-16(2)14(13)17/h11-13,15H,3-10H2,1-2H3. The van der Waals surface area contributed by atoms with Crippen LogP contribution in [0.3, 0.4) is 0 Å². The maximum atomic E-state index is 11.8. The lowest BCUT2D eigenvalue weighted by atomic mass is 9.83. The molecule has 0 bridgehead atoms. The van der Waals surface area contributed by atoms with Crippen molar-refractivity contribution in [2.75, 3.05) is 13.6 Å². The summed E-state index contributed by atoms with van der Waals surface area (Å²) in [6.07, 6.45) is 8.91. The van der Waals surface area contributed by atoms with Gasteiger partial charge in [-0.1, -0.05) is 19.8 Å². The summed E-state index contributed by atoms with van der Waals surface area (Å²) < 4.78 is 0. The summed E-state index contributed by atoms with van der Waals surface area (Å²) in [7, 11) is 1.90. The minimum Gasteiger partial charge on any atom is -0.344 e. The van der Waals surface area contributed by atoms with Crippen molar-refractivity contribution in [1.29, 1.82) is 0 Å². The Kier molecular flexibility index (Phi) is 4.43. The summed E-state index contributed by atoms with van der Waals surface area (Å²) in [4.78, 5) is 13.7. The fourth-order valence-corrected chi connectivity index (χ4v) is 3.29. The van der Waals surface area contributed by atoms with Gasteiger partial charge >= 0.3 is 0 Å². The van der Waals surface area contributed by atoms with E-state index in [1.807, 2.05) is 11.9 Å². The van der Waals surface area contributed by atoms with E-state index in [-0.39, 0.29) is 6.04 Å². The Morgan fingerprint density at radius 2 is 1.94 bits per heavy atom. The predicted octanol–water partition coefficient (Wildman–Crippen LogP) is 2.17. The Labute approximate surface area is 105 Å². The molecule has 0 spiro atoms. The normalized spacial score (nSPS) is 34.4. The molecule has 2 fully saturated rings. The molecule has 1 saturated heterocycles. The highest BCUT2D eigenvalue weighted by Crippen LogP contribution is 2.28. The van der Waals surface area contributed by atoms with Crippen LogP contribution in [-0.4, -0.2) is 36.5 Å². The van der Waals surface area contributed by atoms with E-state index >= 15 is 0 Å². The smallest absolute Gasteiger partial charge is 0.239 e. The second-order valence-corrected chi connectivity index (χ2v) is 5.77. The minimum absolute atomic E-state index is 0.104. The van der Waals surface area contributed by atoms with E-state index in [0.717, 1.165) is 18.9 Å². The third kappa shape index (κ3) is 3.21. The molecule has 0 aromatic heterocycles. The number of carbonyl (C=O) groups excluding carboxylic acids is 1. The highest BCUT2D eigenvalue weighted by Gasteiger charge is 2.31. The highest BCUT2D eigenvalue weighted by atomic mass is 16.2. The highest BCUT2D eigenvalue weighted by molar-refractivity contribution is 5.83. The third-order valence-corrected chi connectivity index (χ3v) is 4.41. The van der Waals surface area contributed by atoms with E-state index < -0.39 is 0 Å². The van der Waals surface area contributed by atoms with Gasteiger partial charge in [-0.15, -0.1) is 0 Å². The molecule has 1 unspecified atom stereocenters. The molecule has 2 rings (SSSR count). The molecule has 1 heterocycles. The van der Waals surface area contributed by atoms with E-state index in [4.69, 9.17) is 0 Å². The molecule has 3 nitrogen and oxygen atoms in total. The number of carbonyl (C=O) groups is 1. The number of nitrogens with zero attached hydrogens (tertiary/aromatic N) is 1. The van der Waals surface area contributed by atoms with Gasteiger partial charge in [0.2, 0.25) is 5.91 Å². The van der Waals surface area contributed by atoms with Gasteiger partial charge in [-0.25, -0.2) is 0 Å². The summed E-state index contributed by atoms with van der Waals surface area (Å²) in [5.41, 5.74) is 0. The van der Waals surface area contributed by atoms with Crippen LogP contribution in [0.1, 0.15) is 51.9 Å². The van der Waals surface area contributed by atoms with Gasteiger partial charge < -0.3 is 10.2 Å². The Morgan fingerprint density at radius 3 is 2.47 bits per heavy atom. The fourth-order valence-electron chi connectivity index (χ4n) is 3.29. The van der Waals surface area contributed by atoms with Crippen LogP contribution in [0.4, 0.5) is 0 Å². The summed E-state index contributed by atoms with van der Waals surface area (Å²) >= 11 is 0.